The zero-order valence-corrected chi connectivity index (χ0v) is 7.93. The van der Waals surface area contributed by atoms with Crippen LogP contribution < -0.4 is 0 Å². The minimum Gasteiger partial charge on any atom is -0.235 e. The van der Waals surface area contributed by atoms with Crippen LogP contribution in [0.5, 0.6) is 0 Å². The van der Waals surface area contributed by atoms with Crippen LogP contribution in [0.2, 0.25) is 0 Å². The van der Waals surface area contributed by atoms with Gasteiger partial charge in [-0.15, -0.1) is 24.0 Å². The summed E-state index contributed by atoms with van der Waals surface area (Å²) in [4.78, 5) is 5.66. The molecule has 0 aliphatic rings. The Hall–Kier alpha value is -0.0200. The third kappa shape index (κ3) is 1.52. The lowest BCUT2D eigenvalue weighted by Crippen LogP contribution is -1.84. The number of nitrogens with zero attached hydrogens (tertiary/aromatic N) is 1. The monoisotopic (exact) mass is 173 g/mol. The topological polar surface area (TPSA) is 12.9 Å². The highest BCUT2D eigenvalue weighted by Gasteiger charge is 2.03. The number of hydrogen-bond donors (Lipinski definition) is 1. The first-order chi connectivity index (χ1) is 4.77. The lowest BCUT2D eigenvalue weighted by Gasteiger charge is -1.90. The van der Waals surface area contributed by atoms with E-state index in [1.54, 1.807) is 11.3 Å². The molecule has 0 aromatic carbocycles. The molecule has 0 radical (unpaired) electrons. The van der Waals surface area contributed by atoms with Gasteiger partial charge in [0.2, 0.25) is 0 Å². The second kappa shape index (κ2) is 3.39. The summed E-state index contributed by atoms with van der Waals surface area (Å²) in [6.45, 7) is 4.28. The molecule has 0 saturated heterocycles. The highest BCUT2D eigenvalue weighted by atomic mass is 32.2. The normalized spacial score (nSPS) is 10.3. The number of hydrogen-bond acceptors (Lipinski definition) is 3. The molecular weight excluding hydrogens is 162 g/mol. The van der Waals surface area contributed by atoms with Crippen molar-refractivity contribution in [2.24, 2.45) is 0 Å². The maximum atomic E-state index is 4.28. The van der Waals surface area contributed by atoms with Crippen LogP contribution in [-0.4, -0.2) is 4.98 Å². The molecule has 1 nitrogen and oxygen atoms in total. The zero-order valence-electron chi connectivity index (χ0n) is 6.22. The minimum absolute atomic E-state index is 0.897. The average molecular weight is 173 g/mol. The SMILES string of the molecule is CCc1nc(S)sc1CC. The first-order valence-electron chi connectivity index (χ1n) is 3.45. The van der Waals surface area contributed by atoms with E-state index >= 15 is 0 Å². The molecule has 0 spiro atoms. The van der Waals surface area contributed by atoms with Crippen LogP contribution in [0.25, 0.3) is 0 Å². The van der Waals surface area contributed by atoms with Crippen molar-refractivity contribution in [3.63, 3.8) is 0 Å². The van der Waals surface area contributed by atoms with Crippen molar-refractivity contribution in [1.29, 1.82) is 0 Å². The third-order valence-corrected chi connectivity index (χ3v) is 2.84. The van der Waals surface area contributed by atoms with Crippen molar-refractivity contribution in [3.05, 3.63) is 10.6 Å². The van der Waals surface area contributed by atoms with Crippen molar-refractivity contribution < 1.29 is 0 Å². The molecule has 10 heavy (non-hydrogen) atoms. The van der Waals surface area contributed by atoms with E-state index in [0.29, 0.717) is 0 Å². The van der Waals surface area contributed by atoms with Gasteiger partial charge in [-0.1, -0.05) is 13.8 Å². The maximum absolute atomic E-state index is 4.28. The number of aromatic nitrogens is 1. The fraction of sp³-hybridized carbons (Fsp3) is 0.571. The molecule has 0 aliphatic heterocycles. The van der Waals surface area contributed by atoms with E-state index in [1.165, 1.54) is 10.6 Å². The Morgan fingerprint density at radius 1 is 1.40 bits per heavy atom. The number of thiazole rings is 1. The fourth-order valence-electron chi connectivity index (χ4n) is 0.922. The van der Waals surface area contributed by atoms with E-state index < -0.39 is 0 Å². The van der Waals surface area contributed by atoms with Gasteiger partial charge in [0.1, 0.15) is 4.34 Å². The van der Waals surface area contributed by atoms with E-state index in [0.717, 1.165) is 17.2 Å². The standard InChI is InChI=1S/C7H11NS2/c1-3-5-6(4-2)10-7(9)8-5/h3-4H2,1-2H3,(H,8,9). The van der Waals surface area contributed by atoms with Gasteiger partial charge >= 0.3 is 0 Å². The van der Waals surface area contributed by atoms with E-state index in [9.17, 15) is 0 Å². The van der Waals surface area contributed by atoms with Crippen LogP contribution in [0, 0.1) is 0 Å². The van der Waals surface area contributed by atoms with E-state index in [-0.39, 0.29) is 0 Å². The van der Waals surface area contributed by atoms with Gasteiger partial charge < -0.3 is 0 Å². The summed E-state index contributed by atoms with van der Waals surface area (Å²) in [5.41, 5.74) is 1.22. The van der Waals surface area contributed by atoms with Gasteiger partial charge in [0.05, 0.1) is 5.69 Å². The zero-order chi connectivity index (χ0) is 7.56. The highest BCUT2D eigenvalue weighted by Crippen LogP contribution is 2.21. The average Bonchev–Trinajstić information content (AvgIpc) is 2.30. The Labute approximate surface area is 70.9 Å². The summed E-state index contributed by atoms with van der Waals surface area (Å²) in [6.07, 6.45) is 2.11. The molecule has 3 heteroatoms. The van der Waals surface area contributed by atoms with Gasteiger partial charge in [-0.2, -0.15) is 0 Å². The van der Waals surface area contributed by atoms with Crippen LogP contribution in [-0.2, 0) is 12.8 Å². The summed E-state index contributed by atoms with van der Waals surface area (Å²) in [5.74, 6) is 0. The van der Waals surface area contributed by atoms with Gasteiger partial charge in [-0.05, 0) is 12.8 Å². The summed E-state index contributed by atoms with van der Waals surface area (Å²) in [7, 11) is 0. The van der Waals surface area contributed by atoms with Gasteiger partial charge in [0, 0.05) is 4.88 Å². The van der Waals surface area contributed by atoms with Gasteiger partial charge in [0.15, 0.2) is 0 Å². The molecule has 1 rings (SSSR count). The molecule has 1 heterocycles. The molecule has 0 atom stereocenters. The number of rotatable bonds is 2. The molecule has 1 aromatic rings. The quantitative estimate of drug-likeness (QED) is 0.678. The van der Waals surface area contributed by atoms with Crippen LogP contribution in [0.4, 0.5) is 0 Å². The molecule has 0 saturated carbocycles. The fourth-order valence-corrected chi connectivity index (χ4v) is 2.20. The van der Waals surface area contributed by atoms with Crippen molar-refractivity contribution in [2.45, 2.75) is 31.0 Å². The molecule has 0 fully saturated rings. The molecule has 1 aromatic heterocycles. The molecular formula is C7H11NS2. The Kier molecular flexibility index (Phi) is 2.74. The van der Waals surface area contributed by atoms with Crippen LogP contribution >= 0.6 is 24.0 Å². The Bertz CT molecular complexity index is 196. The van der Waals surface area contributed by atoms with Crippen LogP contribution in [0.1, 0.15) is 24.4 Å². The van der Waals surface area contributed by atoms with Crippen molar-refractivity contribution in [3.8, 4) is 0 Å². The molecule has 56 valence electrons. The number of aryl methyl sites for hydroxylation is 2. The summed E-state index contributed by atoms with van der Waals surface area (Å²) < 4.78 is 0.897. The third-order valence-electron chi connectivity index (χ3n) is 1.42. The summed E-state index contributed by atoms with van der Waals surface area (Å²) in [5, 5.41) is 0. The first kappa shape index (κ1) is 8.08. The van der Waals surface area contributed by atoms with Gasteiger partial charge in [-0.3, -0.25) is 0 Å². The van der Waals surface area contributed by atoms with Crippen molar-refractivity contribution in [2.75, 3.05) is 0 Å². The van der Waals surface area contributed by atoms with Crippen molar-refractivity contribution in [1.82, 2.24) is 4.98 Å². The lowest BCUT2D eigenvalue weighted by atomic mass is 10.2. The summed E-state index contributed by atoms with van der Waals surface area (Å²) >= 11 is 5.88. The Morgan fingerprint density at radius 2 is 2.10 bits per heavy atom. The predicted molar refractivity (Wildman–Crippen MR) is 48.1 cm³/mol. The van der Waals surface area contributed by atoms with Crippen molar-refractivity contribution >= 4 is 24.0 Å². The van der Waals surface area contributed by atoms with Gasteiger partial charge in [-0.25, -0.2) is 4.98 Å². The first-order valence-corrected chi connectivity index (χ1v) is 4.71. The molecule has 0 aliphatic carbocycles. The maximum Gasteiger partial charge on any atom is 0.147 e. The van der Waals surface area contributed by atoms with E-state index in [4.69, 9.17) is 0 Å². The molecule has 0 unspecified atom stereocenters. The molecule has 0 bridgehead atoms. The van der Waals surface area contributed by atoms with Gasteiger partial charge in [0.25, 0.3) is 0 Å². The smallest absolute Gasteiger partial charge is 0.147 e. The molecule has 0 amide bonds. The second-order valence-electron chi connectivity index (χ2n) is 2.07. The second-order valence-corrected chi connectivity index (χ2v) is 3.88. The van der Waals surface area contributed by atoms with E-state index in [2.05, 4.69) is 31.5 Å². The van der Waals surface area contributed by atoms with E-state index in [1.807, 2.05) is 0 Å². The number of thiol groups is 1. The van der Waals surface area contributed by atoms with Crippen LogP contribution in [0.15, 0.2) is 4.34 Å². The lowest BCUT2D eigenvalue weighted by molar-refractivity contribution is 0.984. The Morgan fingerprint density at radius 3 is 2.50 bits per heavy atom. The summed E-state index contributed by atoms with van der Waals surface area (Å²) in [6, 6.07) is 0. The molecule has 0 N–H and O–H groups in total. The van der Waals surface area contributed by atoms with Crippen LogP contribution in [0.3, 0.4) is 0 Å². The highest BCUT2D eigenvalue weighted by molar-refractivity contribution is 7.82. The predicted octanol–water partition coefficient (Wildman–Crippen LogP) is 2.56. The minimum atomic E-state index is 0.897. The Balaban J connectivity index is 2.96. The largest absolute Gasteiger partial charge is 0.235 e.